The van der Waals surface area contributed by atoms with Crippen molar-refractivity contribution in [2.75, 3.05) is 11.5 Å². The third-order valence-electron chi connectivity index (χ3n) is 4.94. The number of nitrogens with zero attached hydrogens (tertiary/aromatic N) is 2. The van der Waals surface area contributed by atoms with Crippen molar-refractivity contribution < 1.29 is 19.5 Å². The Hall–Kier alpha value is -2.89. The van der Waals surface area contributed by atoms with Crippen molar-refractivity contribution in [1.82, 2.24) is 15.2 Å². The number of nitrogens with two attached hydrogens (primary N) is 2. The highest BCUT2D eigenvalue weighted by Gasteiger charge is 2.54. The van der Waals surface area contributed by atoms with Gasteiger partial charge in [-0.15, -0.1) is 11.8 Å². The van der Waals surface area contributed by atoms with Crippen molar-refractivity contribution in [2.45, 2.75) is 24.4 Å². The number of nitrogens with one attached hydrogen (secondary N) is 1. The molecule has 0 bridgehead atoms. The number of β-lactam (4-membered cyclic amide) rings is 1. The van der Waals surface area contributed by atoms with Crippen LogP contribution in [0.5, 0.6) is 0 Å². The number of aromatic nitrogens is 1. The van der Waals surface area contributed by atoms with E-state index in [2.05, 4.69) is 10.3 Å². The molecule has 0 spiro atoms. The number of anilines is 1. The minimum Gasteiger partial charge on any atom is -0.477 e. The third-order valence-corrected chi connectivity index (χ3v) is 7.09. The predicted molar refractivity (Wildman–Crippen MR) is 115 cm³/mol. The van der Waals surface area contributed by atoms with Crippen molar-refractivity contribution in [3.05, 3.63) is 47.2 Å². The van der Waals surface area contributed by atoms with Crippen LogP contribution in [0.15, 0.2) is 41.6 Å². The van der Waals surface area contributed by atoms with Gasteiger partial charge in [-0.3, -0.25) is 14.5 Å². The number of hydrogen-bond donors (Lipinski definition) is 4. The molecule has 0 unspecified atom stereocenters. The van der Waals surface area contributed by atoms with Crippen molar-refractivity contribution in [1.29, 1.82) is 0 Å². The Balaban J connectivity index is 1.50. The van der Waals surface area contributed by atoms with E-state index >= 15 is 0 Å². The zero-order valence-corrected chi connectivity index (χ0v) is 17.5. The first-order chi connectivity index (χ1) is 14.3. The van der Waals surface area contributed by atoms with Crippen molar-refractivity contribution in [3.8, 4) is 0 Å². The van der Waals surface area contributed by atoms with Crippen molar-refractivity contribution in [3.63, 3.8) is 0 Å². The van der Waals surface area contributed by atoms with E-state index in [0.29, 0.717) is 22.0 Å². The molecule has 2 amide bonds. The highest BCUT2D eigenvalue weighted by Crippen LogP contribution is 2.40. The van der Waals surface area contributed by atoms with Gasteiger partial charge in [0.15, 0.2) is 5.13 Å². The Morgan fingerprint density at radius 3 is 2.90 bits per heavy atom. The summed E-state index contributed by atoms with van der Waals surface area (Å²) < 4.78 is 0.815. The highest BCUT2D eigenvalue weighted by molar-refractivity contribution is 8.00. The number of carbonyl (C=O) groups is 3. The number of amides is 2. The molecule has 0 saturated carbocycles. The largest absolute Gasteiger partial charge is 0.477 e. The second-order valence-electron chi connectivity index (χ2n) is 6.83. The summed E-state index contributed by atoms with van der Waals surface area (Å²) in [5, 5.41) is 12.2. The first-order valence-corrected chi connectivity index (χ1v) is 10.9. The maximum Gasteiger partial charge on any atom is 0.352 e. The molecule has 11 heteroatoms. The average molecular weight is 446 g/mol. The minimum atomic E-state index is -1.17. The van der Waals surface area contributed by atoms with Gasteiger partial charge in [0, 0.05) is 5.75 Å². The number of carboxylic acids is 1. The molecule has 1 aromatic heterocycles. The normalized spacial score (nSPS) is 22.2. The first kappa shape index (κ1) is 20.4. The molecular weight excluding hydrogens is 426 g/mol. The summed E-state index contributed by atoms with van der Waals surface area (Å²) in [5.41, 5.74) is 13.6. The number of aliphatic carboxylic acids is 1. The zero-order valence-electron chi connectivity index (χ0n) is 15.9. The van der Waals surface area contributed by atoms with Gasteiger partial charge in [0.25, 0.3) is 5.91 Å². The Morgan fingerprint density at radius 2 is 2.20 bits per heavy atom. The van der Waals surface area contributed by atoms with Gasteiger partial charge in [-0.1, -0.05) is 29.6 Å². The standard InChI is InChI=1S/C19H19N5O4S2/c1-2-3-9-7-29-17-13(16(26)24(17)14(9)18(27)28)23-15(25)12(20)8-4-5-10-11(6-8)30-19(21)22-10/h2-6,12-13,17H,7,20H2,1H3,(H2,21,22)(H,23,25)(H,27,28)/b3-2+/t12-,13-,17-/m1/s1. The molecule has 4 rings (SSSR count). The highest BCUT2D eigenvalue weighted by atomic mass is 32.2. The third kappa shape index (κ3) is 3.34. The number of nitrogen functional groups attached to an aromatic ring is 1. The van der Waals surface area contributed by atoms with Gasteiger partial charge in [0.1, 0.15) is 23.2 Å². The predicted octanol–water partition coefficient (Wildman–Crippen LogP) is 1.19. The summed E-state index contributed by atoms with van der Waals surface area (Å²) in [4.78, 5) is 42.4. The first-order valence-electron chi connectivity index (χ1n) is 9.07. The molecule has 0 radical (unpaired) electrons. The molecular formula is C19H19N5O4S2. The van der Waals surface area contributed by atoms with Crippen LogP contribution in [-0.4, -0.2) is 49.9 Å². The van der Waals surface area contributed by atoms with Gasteiger partial charge in [0.05, 0.1) is 10.2 Å². The van der Waals surface area contributed by atoms with Crippen LogP contribution in [0.2, 0.25) is 0 Å². The molecule has 30 heavy (non-hydrogen) atoms. The number of carbonyl (C=O) groups excluding carboxylic acids is 2. The minimum absolute atomic E-state index is 0.0371. The number of thiazole rings is 1. The monoisotopic (exact) mass is 445 g/mol. The summed E-state index contributed by atoms with van der Waals surface area (Å²) >= 11 is 2.70. The molecule has 0 aliphatic carbocycles. The van der Waals surface area contributed by atoms with Crippen molar-refractivity contribution in [2.24, 2.45) is 5.73 Å². The van der Waals surface area contributed by atoms with Crippen LogP contribution in [0.25, 0.3) is 10.2 Å². The van der Waals surface area contributed by atoms with Crippen LogP contribution in [0.3, 0.4) is 0 Å². The van der Waals surface area contributed by atoms with Gasteiger partial charge in [0.2, 0.25) is 5.91 Å². The molecule has 6 N–H and O–H groups in total. The fourth-order valence-electron chi connectivity index (χ4n) is 3.52. The van der Waals surface area contributed by atoms with Crippen LogP contribution < -0.4 is 16.8 Å². The van der Waals surface area contributed by atoms with Gasteiger partial charge >= 0.3 is 5.97 Å². The van der Waals surface area contributed by atoms with Gasteiger partial charge in [-0.25, -0.2) is 9.78 Å². The molecule has 1 aromatic carbocycles. The number of benzene rings is 1. The molecule has 3 heterocycles. The van der Waals surface area contributed by atoms with Crippen LogP contribution in [0.1, 0.15) is 18.5 Å². The fourth-order valence-corrected chi connectivity index (χ4v) is 5.62. The fraction of sp³-hybridized carbons (Fsp3) is 0.263. The Bertz CT molecular complexity index is 1130. The van der Waals surface area contributed by atoms with E-state index in [9.17, 15) is 19.5 Å². The molecule has 9 nitrogen and oxygen atoms in total. The summed E-state index contributed by atoms with van der Waals surface area (Å²) in [7, 11) is 0. The topological polar surface area (TPSA) is 152 Å². The van der Waals surface area contributed by atoms with E-state index in [1.807, 2.05) is 0 Å². The summed E-state index contributed by atoms with van der Waals surface area (Å²) in [6.45, 7) is 1.78. The van der Waals surface area contributed by atoms with E-state index in [1.54, 1.807) is 37.3 Å². The number of thioether (sulfide) groups is 1. The summed E-state index contributed by atoms with van der Waals surface area (Å²) in [6, 6.07) is 3.39. The number of fused-ring (bicyclic) bond motifs is 2. The Morgan fingerprint density at radius 1 is 1.43 bits per heavy atom. The molecule has 2 aliphatic heterocycles. The van der Waals surface area contributed by atoms with Gasteiger partial charge in [-0.2, -0.15) is 0 Å². The number of rotatable bonds is 5. The molecule has 2 aliphatic rings. The van der Waals surface area contributed by atoms with E-state index in [4.69, 9.17) is 11.5 Å². The van der Waals surface area contributed by atoms with Crippen LogP contribution >= 0.6 is 23.1 Å². The lowest BCUT2D eigenvalue weighted by atomic mass is 10.0. The van der Waals surface area contributed by atoms with Gasteiger partial charge < -0.3 is 21.9 Å². The Labute approximate surface area is 179 Å². The van der Waals surface area contributed by atoms with Crippen LogP contribution in [-0.2, 0) is 14.4 Å². The second-order valence-corrected chi connectivity index (χ2v) is 9.00. The second kappa shape index (κ2) is 7.74. The molecule has 156 valence electrons. The number of carboxylic acid groups (broad SMARTS) is 1. The average Bonchev–Trinajstić information content (AvgIpc) is 3.09. The zero-order chi connectivity index (χ0) is 21.6. The van der Waals surface area contributed by atoms with Crippen molar-refractivity contribution >= 4 is 56.2 Å². The molecule has 2 aromatic rings. The van der Waals surface area contributed by atoms with Crippen LogP contribution in [0, 0.1) is 0 Å². The van der Waals surface area contributed by atoms with Crippen LogP contribution in [0.4, 0.5) is 5.13 Å². The molecule has 1 saturated heterocycles. The summed E-state index contributed by atoms with van der Waals surface area (Å²) in [6.07, 6.45) is 3.42. The van der Waals surface area contributed by atoms with E-state index in [-0.39, 0.29) is 5.70 Å². The summed E-state index contributed by atoms with van der Waals surface area (Å²) in [5.74, 6) is -1.70. The maximum absolute atomic E-state index is 12.7. The smallest absolute Gasteiger partial charge is 0.352 e. The lowest BCUT2D eigenvalue weighted by molar-refractivity contribution is -0.150. The van der Waals surface area contributed by atoms with E-state index in [0.717, 1.165) is 10.2 Å². The molecule has 3 atom stereocenters. The quantitative estimate of drug-likeness (QED) is 0.501. The van der Waals surface area contributed by atoms with Gasteiger partial charge in [-0.05, 0) is 30.2 Å². The Kier molecular flexibility index (Phi) is 5.26. The van der Waals surface area contributed by atoms with E-state index in [1.165, 1.54) is 28.0 Å². The maximum atomic E-state index is 12.7. The number of allylic oxidation sites excluding steroid dienone is 2. The SMILES string of the molecule is C/C=C/C1=C(C(=O)O)N2C(=O)[C@@H](NC(=O)[C@H](N)c3ccc4nc(N)sc4c3)[C@H]2SC1. The lowest BCUT2D eigenvalue weighted by Gasteiger charge is -2.49. The van der Waals surface area contributed by atoms with E-state index < -0.39 is 35.2 Å². The molecule has 1 fully saturated rings. The lowest BCUT2D eigenvalue weighted by Crippen LogP contribution is -2.71. The number of hydrogen-bond acceptors (Lipinski definition) is 8.